The van der Waals surface area contributed by atoms with Crippen LogP contribution >= 0.6 is 0 Å². The van der Waals surface area contributed by atoms with Crippen LogP contribution in [0.5, 0.6) is 0 Å². The summed E-state index contributed by atoms with van der Waals surface area (Å²) in [5.41, 5.74) is 4.99. The van der Waals surface area contributed by atoms with E-state index in [9.17, 15) is 0 Å². The van der Waals surface area contributed by atoms with Gasteiger partial charge >= 0.3 is 37.7 Å². The number of hydrogen-bond acceptors (Lipinski definition) is 6. The van der Waals surface area contributed by atoms with E-state index >= 15 is 0 Å². The summed E-state index contributed by atoms with van der Waals surface area (Å²) in [4.78, 5) is 0. The van der Waals surface area contributed by atoms with Crippen LogP contribution in [0, 0.1) is 0 Å². The molecule has 0 saturated carbocycles. The SMILES string of the molecule is NC[C@H](O)[C@@H](O)[C@H](O)[C@H](O)CO.[Ca+2].[H-].[H-]. The van der Waals surface area contributed by atoms with Crippen molar-refractivity contribution in [2.75, 3.05) is 13.2 Å². The minimum atomic E-state index is -1.59. The standard InChI is InChI=1S/C6H15NO5.Ca.2H/c7-1-3(9)5(11)6(12)4(10)2-8;;;/h3-6,8-12H,1-2,7H2;;;/q;+2;2*-1/t3-,4+,5+,6+;;;/m0.../s1. The molecule has 0 spiro atoms. The van der Waals surface area contributed by atoms with Gasteiger partial charge < -0.3 is 34.1 Å². The van der Waals surface area contributed by atoms with Gasteiger partial charge in [0, 0.05) is 6.54 Å². The summed E-state index contributed by atoms with van der Waals surface area (Å²) in [6.07, 6.45) is -5.91. The quantitative estimate of drug-likeness (QED) is 0.266. The Labute approximate surface area is 109 Å². The molecule has 0 aliphatic carbocycles. The van der Waals surface area contributed by atoms with Crippen molar-refractivity contribution in [1.29, 1.82) is 0 Å². The Morgan fingerprint density at radius 2 is 1.38 bits per heavy atom. The molecular weight excluding hydrogens is 206 g/mol. The number of rotatable bonds is 5. The molecule has 0 fully saturated rings. The molecule has 0 aromatic rings. The molecule has 0 radical (unpaired) electrons. The zero-order chi connectivity index (χ0) is 9.72. The fourth-order valence-electron chi connectivity index (χ4n) is 0.703. The third-order valence-corrected chi connectivity index (χ3v) is 1.57. The van der Waals surface area contributed by atoms with E-state index in [0.29, 0.717) is 0 Å². The second kappa shape index (κ2) is 8.34. The van der Waals surface area contributed by atoms with Crippen molar-refractivity contribution in [3.8, 4) is 0 Å². The van der Waals surface area contributed by atoms with Gasteiger partial charge in [-0.15, -0.1) is 0 Å². The maximum atomic E-state index is 9.04. The minimum absolute atomic E-state index is 0. The Bertz CT molecular complexity index is 122. The van der Waals surface area contributed by atoms with Gasteiger partial charge in [0.2, 0.25) is 0 Å². The smallest absolute Gasteiger partial charge is 1.00 e. The summed E-state index contributed by atoms with van der Waals surface area (Å²) in [5, 5.41) is 44.2. The van der Waals surface area contributed by atoms with Gasteiger partial charge in [-0.05, 0) is 0 Å². The van der Waals surface area contributed by atoms with Gasteiger partial charge in [-0.2, -0.15) is 0 Å². The fourth-order valence-corrected chi connectivity index (χ4v) is 0.703. The molecule has 4 atom stereocenters. The van der Waals surface area contributed by atoms with Gasteiger partial charge in [-0.1, -0.05) is 0 Å². The first-order valence-electron chi connectivity index (χ1n) is 3.57. The molecule has 13 heavy (non-hydrogen) atoms. The van der Waals surface area contributed by atoms with Gasteiger partial charge in [0.25, 0.3) is 0 Å². The van der Waals surface area contributed by atoms with Gasteiger partial charge in [0.15, 0.2) is 0 Å². The molecule has 0 amide bonds. The van der Waals surface area contributed by atoms with E-state index in [1.165, 1.54) is 0 Å². The number of aliphatic hydroxyl groups excluding tert-OH is 5. The van der Waals surface area contributed by atoms with E-state index in [1.807, 2.05) is 0 Å². The molecule has 0 unspecified atom stereocenters. The molecule has 78 valence electrons. The first-order chi connectivity index (χ1) is 5.54. The molecule has 0 bridgehead atoms. The molecule has 6 nitrogen and oxygen atoms in total. The van der Waals surface area contributed by atoms with Crippen LogP contribution in [0.3, 0.4) is 0 Å². The number of nitrogens with two attached hydrogens (primary N) is 1. The van der Waals surface area contributed by atoms with Gasteiger partial charge in [-0.3, -0.25) is 0 Å². The minimum Gasteiger partial charge on any atom is -1.00 e. The Balaban J connectivity index is -0.000000202. The number of aliphatic hydroxyl groups is 5. The predicted molar refractivity (Wildman–Crippen MR) is 48.1 cm³/mol. The van der Waals surface area contributed by atoms with Crippen molar-refractivity contribution < 1.29 is 28.4 Å². The third-order valence-electron chi connectivity index (χ3n) is 1.57. The van der Waals surface area contributed by atoms with Crippen LogP contribution in [0.25, 0.3) is 0 Å². The molecule has 0 aromatic carbocycles. The van der Waals surface area contributed by atoms with Crippen LogP contribution in [0.1, 0.15) is 2.85 Å². The maximum absolute atomic E-state index is 9.04. The largest absolute Gasteiger partial charge is 2.00 e. The maximum Gasteiger partial charge on any atom is 2.00 e. The third kappa shape index (κ3) is 5.46. The Morgan fingerprint density at radius 3 is 1.69 bits per heavy atom. The average Bonchev–Trinajstić information content (AvgIpc) is 2.12. The summed E-state index contributed by atoms with van der Waals surface area (Å²) >= 11 is 0. The van der Waals surface area contributed by atoms with Crippen molar-refractivity contribution in [1.82, 2.24) is 0 Å². The summed E-state index contributed by atoms with van der Waals surface area (Å²) in [6.45, 7) is -0.911. The van der Waals surface area contributed by atoms with Crippen LogP contribution in [-0.2, 0) is 0 Å². The van der Waals surface area contributed by atoms with E-state index in [0.717, 1.165) is 0 Å². The van der Waals surface area contributed by atoms with Crippen molar-refractivity contribution in [3.05, 3.63) is 0 Å². The van der Waals surface area contributed by atoms with E-state index in [1.54, 1.807) is 0 Å². The molecule has 0 saturated heterocycles. The zero-order valence-corrected chi connectivity index (χ0v) is 9.45. The molecule has 0 heterocycles. The van der Waals surface area contributed by atoms with Gasteiger partial charge in [-0.25, -0.2) is 0 Å². The molecule has 0 rings (SSSR count). The van der Waals surface area contributed by atoms with E-state index in [4.69, 9.17) is 31.3 Å². The second-order valence-corrected chi connectivity index (χ2v) is 2.53. The van der Waals surface area contributed by atoms with Crippen molar-refractivity contribution in [3.63, 3.8) is 0 Å². The Hall–Kier alpha value is 1.02. The summed E-state index contributed by atoms with van der Waals surface area (Å²) in [7, 11) is 0. The summed E-state index contributed by atoms with van der Waals surface area (Å²) < 4.78 is 0. The summed E-state index contributed by atoms with van der Waals surface area (Å²) in [5.74, 6) is 0. The Morgan fingerprint density at radius 1 is 1.00 bits per heavy atom. The summed E-state index contributed by atoms with van der Waals surface area (Å²) in [6, 6.07) is 0. The van der Waals surface area contributed by atoms with E-state index < -0.39 is 31.0 Å². The average molecular weight is 223 g/mol. The van der Waals surface area contributed by atoms with Crippen molar-refractivity contribution in [2.45, 2.75) is 24.4 Å². The molecule has 7 N–H and O–H groups in total. The van der Waals surface area contributed by atoms with Crippen molar-refractivity contribution in [2.24, 2.45) is 5.73 Å². The first kappa shape index (κ1) is 16.4. The fraction of sp³-hybridized carbons (Fsp3) is 1.00. The first-order valence-corrected chi connectivity index (χ1v) is 3.57. The molecular formula is C6H17CaNO5. The van der Waals surface area contributed by atoms with Gasteiger partial charge in [0.1, 0.15) is 18.3 Å². The zero-order valence-electron chi connectivity index (χ0n) is 9.24. The molecule has 0 aliphatic rings. The molecule has 0 aliphatic heterocycles. The van der Waals surface area contributed by atoms with Crippen LogP contribution in [-0.4, -0.2) is 101 Å². The van der Waals surface area contributed by atoms with Crippen LogP contribution in [0.4, 0.5) is 0 Å². The van der Waals surface area contributed by atoms with Crippen molar-refractivity contribution >= 4 is 37.7 Å². The Kier molecular flexibility index (Phi) is 10.6. The molecule has 0 aromatic heterocycles. The second-order valence-electron chi connectivity index (χ2n) is 2.53. The van der Waals surface area contributed by atoms with Gasteiger partial charge in [0.05, 0.1) is 12.7 Å². The van der Waals surface area contributed by atoms with Crippen LogP contribution < -0.4 is 5.73 Å². The predicted octanol–water partition coefficient (Wildman–Crippen LogP) is -3.77. The molecule has 7 heteroatoms. The van der Waals surface area contributed by atoms with E-state index in [2.05, 4.69) is 0 Å². The van der Waals surface area contributed by atoms with Crippen LogP contribution in [0.2, 0.25) is 0 Å². The van der Waals surface area contributed by atoms with E-state index in [-0.39, 0.29) is 47.1 Å². The topological polar surface area (TPSA) is 127 Å². The number of hydrogen-bond donors (Lipinski definition) is 6. The van der Waals surface area contributed by atoms with Crippen LogP contribution in [0.15, 0.2) is 0 Å². The normalized spacial score (nSPS) is 19.8. The monoisotopic (exact) mass is 223 g/mol.